The van der Waals surface area contributed by atoms with Crippen molar-refractivity contribution in [1.29, 1.82) is 0 Å². The van der Waals surface area contributed by atoms with Crippen LogP contribution >= 0.6 is 11.6 Å². The number of hydrogen-bond acceptors (Lipinski definition) is 3. The molecule has 2 aromatic rings. The van der Waals surface area contributed by atoms with Crippen LogP contribution in [0.3, 0.4) is 0 Å². The fraction of sp³-hybridized carbons (Fsp3) is 0.316. The Kier molecular flexibility index (Phi) is 5.10. The molecule has 0 aromatic heterocycles. The van der Waals surface area contributed by atoms with Crippen molar-refractivity contribution >= 4 is 33.2 Å². The predicted molar refractivity (Wildman–Crippen MR) is 103 cm³/mol. The summed E-state index contributed by atoms with van der Waals surface area (Å²) in [6, 6.07) is 12.3. The largest absolute Gasteiger partial charge is 0.325 e. The van der Waals surface area contributed by atoms with Gasteiger partial charge >= 0.3 is 0 Å². The number of anilines is 1. The van der Waals surface area contributed by atoms with Crippen molar-refractivity contribution in [3.8, 4) is 0 Å². The van der Waals surface area contributed by atoms with Gasteiger partial charge in [0.1, 0.15) is 0 Å². The third-order valence-electron chi connectivity index (χ3n) is 5.02. The summed E-state index contributed by atoms with van der Waals surface area (Å²) < 4.78 is 26.6. The number of benzene rings is 2. The molecule has 7 heteroatoms. The van der Waals surface area contributed by atoms with E-state index in [2.05, 4.69) is 10.0 Å². The van der Waals surface area contributed by atoms with Crippen molar-refractivity contribution < 1.29 is 13.2 Å². The third kappa shape index (κ3) is 3.37. The summed E-state index contributed by atoms with van der Waals surface area (Å²) in [4.78, 5) is 13.2. The van der Waals surface area contributed by atoms with E-state index in [0.29, 0.717) is 16.3 Å². The minimum Gasteiger partial charge on any atom is -0.325 e. The standard InChI is InChI=1S/C19H21ClN2O3S/c1-13-7-8-16(12-17(13)26(24,25)21-2)22-18(23)19(9-4-10-19)14-5-3-6-15(20)11-14/h3,5-8,11-12,21H,4,9-10H2,1-2H3,(H,22,23). The van der Waals surface area contributed by atoms with E-state index in [1.165, 1.54) is 13.1 Å². The minimum atomic E-state index is -3.59. The highest BCUT2D eigenvalue weighted by molar-refractivity contribution is 7.89. The quantitative estimate of drug-likeness (QED) is 0.816. The van der Waals surface area contributed by atoms with Crippen LogP contribution in [0, 0.1) is 6.92 Å². The molecule has 1 amide bonds. The Morgan fingerprint density at radius 3 is 2.46 bits per heavy atom. The fourth-order valence-electron chi connectivity index (χ4n) is 3.29. The fourth-order valence-corrected chi connectivity index (χ4v) is 4.48. The number of rotatable bonds is 5. The number of nitrogens with one attached hydrogen (secondary N) is 2. The molecule has 138 valence electrons. The Labute approximate surface area is 158 Å². The normalized spacial score (nSPS) is 16.0. The lowest BCUT2D eigenvalue weighted by Gasteiger charge is -2.40. The first-order chi connectivity index (χ1) is 12.3. The number of amides is 1. The molecule has 3 rings (SSSR count). The smallest absolute Gasteiger partial charge is 0.240 e. The van der Waals surface area contributed by atoms with E-state index in [1.54, 1.807) is 25.1 Å². The number of hydrogen-bond donors (Lipinski definition) is 2. The second kappa shape index (κ2) is 7.02. The van der Waals surface area contributed by atoms with Crippen molar-refractivity contribution in [2.45, 2.75) is 36.5 Å². The molecule has 0 atom stereocenters. The van der Waals surface area contributed by atoms with Crippen LogP contribution in [0.1, 0.15) is 30.4 Å². The number of halogens is 1. The molecule has 5 nitrogen and oxygen atoms in total. The lowest BCUT2D eigenvalue weighted by molar-refractivity contribution is -0.124. The Morgan fingerprint density at radius 1 is 1.15 bits per heavy atom. The van der Waals surface area contributed by atoms with Crippen LogP contribution in [0.2, 0.25) is 5.02 Å². The van der Waals surface area contributed by atoms with Crippen molar-refractivity contribution in [1.82, 2.24) is 4.72 Å². The van der Waals surface area contributed by atoms with E-state index in [-0.39, 0.29) is 10.8 Å². The lowest BCUT2D eigenvalue weighted by atomic mass is 9.64. The Hall–Kier alpha value is -1.89. The number of aryl methyl sites for hydroxylation is 1. The van der Waals surface area contributed by atoms with Crippen LogP contribution in [-0.4, -0.2) is 21.4 Å². The molecule has 1 fully saturated rings. The Balaban J connectivity index is 1.91. The lowest BCUT2D eigenvalue weighted by Crippen LogP contribution is -2.46. The summed E-state index contributed by atoms with van der Waals surface area (Å²) in [6.45, 7) is 1.72. The monoisotopic (exact) mass is 392 g/mol. The second-order valence-electron chi connectivity index (χ2n) is 6.59. The minimum absolute atomic E-state index is 0.136. The van der Waals surface area contributed by atoms with Gasteiger partial charge < -0.3 is 5.32 Å². The van der Waals surface area contributed by atoms with Gasteiger partial charge in [0.15, 0.2) is 0 Å². The van der Waals surface area contributed by atoms with Crippen molar-refractivity contribution in [3.05, 3.63) is 58.6 Å². The molecule has 1 saturated carbocycles. The topological polar surface area (TPSA) is 75.3 Å². The van der Waals surface area contributed by atoms with Gasteiger partial charge in [-0.05, 0) is 62.2 Å². The number of carbonyl (C=O) groups excluding carboxylic acids is 1. The highest BCUT2D eigenvalue weighted by atomic mass is 35.5. The molecule has 0 saturated heterocycles. The molecule has 0 spiro atoms. The average molecular weight is 393 g/mol. The molecule has 26 heavy (non-hydrogen) atoms. The molecule has 2 aromatic carbocycles. The van der Waals surface area contributed by atoms with Gasteiger partial charge in [0.25, 0.3) is 0 Å². The van der Waals surface area contributed by atoms with Crippen molar-refractivity contribution in [3.63, 3.8) is 0 Å². The third-order valence-corrected chi connectivity index (χ3v) is 6.81. The first-order valence-electron chi connectivity index (χ1n) is 8.40. The van der Waals surface area contributed by atoms with Gasteiger partial charge in [0.05, 0.1) is 10.3 Å². The summed E-state index contributed by atoms with van der Waals surface area (Å²) in [5, 5.41) is 3.49. The summed E-state index contributed by atoms with van der Waals surface area (Å²) in [7, 11) is -2.23. The molecular weight excluding hydrogens is 372 g/mol. The Bertz CT molecular complexity index is 953. The molecule has 2 N–H and O–H groups in total. The zero-order chi connectivity index (χ0) is 18.9. The SMILES string of the molecule is CNS(=O)(=O)c1cc(NC(=O)C2(c3cccc(Cl)c3)CCC2)ccc1C. The highest BCUT2D eigenvalue weighted by Crippen LogP contribution is 2.45. The maximum atomic E-state index is 13.0. The number of sulfonamides is 1. The maximum Gasteiger partial charge on any atom is 0.240 e. The Morgan fingerprint density at radius 2 is 1.88 bits per heavy atom. The first-order valence-corrected chi connectivity index (χ1v) is 10.3. The second-order valence-corrected chi connectivity index (χ2v) is 8.88. The van der Waals surface area contributed by atoms with Crippen LogP contribution in [0.5, 0.6) is 0 Å². The molecule has 0 bridgehead atoms. The maximum absolute atomic E-state index is 13.0. The summed E-state index contributed by atoms with van der Waals surface area (Å²) >= 11 is 6.10. The zero-order valence-electron chi connectivity index (χ0n) is 14.7. The van der Waals surface area contributed by atoms with Crippen molar-refractivity contribution in [2.75, 3.05) is 12.4 Å². The van der Waals surface area contributed by atoms with Crippen LogP contribution in [0.4, 0.5) is 5.69 Å². The van der Waals surface area contributed by atoms with E-state index in [4.69, 9.17) is 11.6 Å². The molecule has 0 heterocycles. The van der Waals surface area contributed by atoms with E-state index in [9.17, 15) is 13.2 Å². The van der Waals surface area contributed by atoms with E-state index in [1.807, 2.05) is 18.2 Å². The van der Waals surface area contributed by atoms with Gasteiger partial charge in [-0.1, -0.05) is 36.2 Å². The molecule has 0 unspecified atom stereocenters. The first kappa shape index (κ1) is 18.9. The zero-order valence-corrected chi connectivity index (χ0v) is 16.2. The molecule has 1 aliphatic rings. The van der Waals surface area contributed by atoms with Gasteiger partial charge in [-0.25, -0.2) is 13.1 Å². The summed E-state index contributed by atoms with van der Waals surface area (Å²) in [5.41, 5.74) is 1.36. The molecule has 0 aliphatic heterocycles. The predicted octanol–water partition coefficient (Wildman–Crippen LogP) is 3.62. The van der Waals surface area contributed by atoms with Gasteiger partial charge in [0.2, 0.25) is 15.9 Å². The van der Waals surface area contributed by atoms with Gasteiger partial charge in [-0.2, -0.15) is 0 Å². The highest BCUT2D eigenvalue weighted by Gasteiger charge is 2.45. The van der Waals surface area contributed by atoms with E-state index >= 15 is 0 Å². The molecule has 1 aliphatic carbocycles. The molecule has 0 radical (unpaired) electrons. The van der Waals surface area contributed by atoms with Crippen molar-refractivity contribution in [2.24, 2.45) is 0 Å². The van der Waals surface area contributed by atoms with Gasteiger partial charge in [-0.3, -0.25) is 4.79 Å². The van der Waals surface area contributed by atoms with Gasteiger partial charge in [-0.15, -0.1) is 0 Å². The van der Waals surface area contributed by atoms with Crippen LogP contribution < -0.4 is 10.0 Å². The summed E-state index contributed by atoms with van der Waals surface area (Å²) in [5.74, 6) is -0.136. The summed E-state index contributed by atoms with van der Waals surface area (Å²) in [6.07, 6.45) is 2.45. The molecular formula is C19H21ClN2O3S. The van der Waals surface area contributed by atoms with Gasteiger partial charge in [0, 0.05) is 10.7 Å². The van der Waals surface area contributed by atoms with E-state index < -0.39 is 15.4 Å². The number of carbonyl (C=O) groups is 1. The van der Waals surface area contributed by atoms with Crippen LogP contribution in [-0.2, 0) is 20.2 Å². The van der Waals surface area contributed by atoms with Crippen LogP contribution in [0.25, 0.3) is 0 Å². The van der Waals surface area contributed by atoms with Crippen LogP contribution in [0.15, 0.2) is 47.4 Å². The average Bonchev–Trinajstić information content (AvgIpc) is 2.55. The van der Waals surface area contributed by atoms with E-state index in [0.717, 1.165) is 24.8 Å².